The Morgan fingerprint density at radius 2 is 1.18 bits per heavy atom. The molecule has 1 rings (SSSR count). The summed E-state index contributed by atoms with van der Waals surface area (Å²) in [5, 5.41) is 0. The Balaban J connectivity index is 3.50. The van der Waals surface area contributed by atoms with Gasteiger partial charge in [0, 0.05) is 0 Å². The van der Waals surface area contributed by atoms with Crippen molar-refractivity contribution >= 4 is 0 Å². The van der Waals surface area contributed by atoms with E-state index in [2.05, 4.69) is 81.7 Å². The van der Waals surface area contributed by atoms with E-state index in [9.17, 15) is 0 Å². The number of hydrogen-bond donors (Lipinski definition) is 0. The summed E-state index contributed by atoms with van der Waals surface area (Å²) >= 11 is -3.01. The second kappa shape index (κ2) is 8.92. The first-order valence-corrected chi connectivity index (χ1v) is 13.5. The van der Waals surface area contributed by atoms with Gasteiger partial charge >= 0.3 is 145 Å². The molecule has 0 heterocycles. The van der Waals surface area contributed by atoms with Gasteiger partial charge in [-0.1, -0.05) is 0 Å². The van der Waals surface area contributed by atoms with Crippen molar-refractivity contribution in [3.8, 4) is 0 Å². The number of nitrogens with zero attached hydrogens (tertiary/aromatic N) is 3. The fourth-order valence-electron chi connectivity index (χ4n) is 4.14. The summed E-state index contributed by atoms with van der Waals surface area (Å²) in [7, 11) is 7.09. The zero-order valence-corrected chi connectivity index (χ0v) is 18.4. The SMILES string of the molecule is CCCC[C]1([Zr]([N](C)CC)([N](C)CC)[N](C)CC)C=CC=C1. The second-order valence-electron chi connectivity index (χ2n) is 6.54. The summed E-state index contributed by atoms with van der Waals surface area (Å²) in [4.78, 5) is 0. The Morgan fingerprint density at radius 3 is 1.50 bits per heavy atom. The van der Waals surface area contributed by atoms with Crippen LogP contribution in [0.15, 0.2) is 24.3 Å². The van der Waals surface area contributed by atoms with Crippen molar-refractivity contribution in [2.45, 2.75) is 50.1 Å². The maximum absolute atomic E-state index is 3.01. The Kier molecular flexibility index (Phi) is 8.22. The molecular formula is C18H37N3Zr. The van der Waals surface area contributed by atoms with Gasteiger partial charge in [-0.3, -0.25) is 0 Å². The third kappa shape index (κ3) is 3.36. The van der Waals surface area contributed by atoms with E-state index >= 15 is 0 Å². The third-order valence-corrected chi connectivity index (χ3v) is 20.2. The van der Waals surface area contributed by atoms with E-state index in [1.54, 1.807) is 0 Å². The van der Waals surface area contributed by atoms with Crippen LogP contribution in [0.5, 0.6) is 0 Å². The fraction of sp³-hybridized carbons (Fsp3) is 0.778. The van der Waals surface area contributed by atoms with Crippen molar-refractivity contribution in [1.29, 1.82) is 0 Å². The van der Waals surface area contributed by atoms with Crippen LogP contribution in [0.1, 0.15) is 47.0 Å². The quantitative estimate of drug-likeness (QED) is 0.557. The van der Waals surface area contributed by atoms with Crippen molar-refractivity contribution in [2.75, 3.05) is 40.8 Å². The molecule has 0 spiro atoms. The third-order valence-electron chi connectivity index (χ3n) is 5.49. The van der Waals surface area contributed by atoms with E-state index in [-0.39, 0.29) is 3.12 Å². The van der Waals surface area contributed by atoms with Gasteiger partial charge in [-0.2, -0.15) is 0 Å². The van der Waals surface area contributed by atoms with Crippen LogP contribution in [-0.2, 0) is 21.1 Å². The molecule has 0 unspecified atom stereocenters. The van der Waals surface area contributed by atoms with Crippen LogP contribution in [0.2, 0.25) is 3.12 Å². The van der Waals surface area contributed by atoms with E-state index in [0.29, 0.717) is 0 Å². The minimum absolute atomic E-state index is 0.255. The molecule has 0 atom stereocenters. The Morgan fingerprint density at radius 1 is 0.773 bits per heavy atom. The molecule has 0 saturated carbocycles. The maximum atomic E-state index is 2.73. The molecule has 0 saturated heterocycles. The van der Waals surface area contributed by atoms with Gasteiger partial charge in [0.2, 0.25) is 0 Å². The molecule has 0 radical (unpaired) electrons. The van der Waals surface area contributed by atoms with Gasteiger partial charge in [-0.25, -0.2) is 0 Å². The van der Waals surface area contributed by atoms with Gasteiger partial charge in [0.25, 0.3) is 0 Å². The minimum atomic E-state index is -3.01. The molecule has 0 aromatic rings. The van der Waals surface area contributed by atoms with E-state index < -0.39 is 21.1 Å². The van der Waals surface area contributed by atoms with E-state index in [1.807, 2.05) is 0 Å². The average Bonchev–Trinajstić information content (AvgIpc) is 3.02. The van der Waals surface area contributed by atoms with Crippen LogP contribution < -0.4 is 0 Å². The first kappa shape index (κ1) is 20.3. The number of unbranched alkanes of at least 4 members (excludes halogenated alkanes) is 1. The first-order chi connectivity index (χ1) is 10.5. The molecule has 1 aliphatic rings. The van der Waals surface area contributed by atoms with E-state index in [4.69, 9.17) is 0 Å². The van der Waals surface area contributed by atoms with Crippen molar-refractivity contribution in [3.63, 3.8) is 0 Å². The summed E-state index contributed by atoms with van der Waals surface area (Å²) in [5.74, 6) is 0. The van der Waals surface area contributed by atoms with Gasteiger partial charge in [0.05, 0.1) is 0 Å². The zero-order valence-electron chi connectivity index (χ0n) is 15.9. The molecule has 0 bridgehead atoms. The predicted molar refractivity (Wildman–Crippen MR) is 95.4 cm³/mol. The van der Waals surface area contributed by atoms with Crippen LogP contribution >= 0.6 is 0 Å². The summed E-state index contributed by atoms with van der Waals surface area (Å²) in [5.41, 5.74) is 0. The summed E-state index contributed by atoms with van der Waals surface area (Å²) < 4.78 is 8.46. The fourth-order valence-corrected chi connectivity index (χ4v) is 19.8. The molecule has 0 fully saturated rings. The summed E-state index contributed by atoms with van der Waals surface area (Å²) in [6.07, 6.45) is 13.5. The Bertz CT molecular complexity index is 353. The molecule has 0 amide bonds. The Hall–Kier alpha value is 0.243. The summed E-state index contributed by atoms with van der Waals surface area (Å²) in [6, 6.07) is 0. The predicted octanol–water partition coefficient (Wildman–Crippen LogP) is 4.22. The molecule has 0 aromatic carbocycles. The van der Waals surface area contributed by atoms with Crippen molar-refractivity contribution in [2.24, 2.45) is 0 Å². The molecule has 0 aliphatic heterocycles. The molecule has 3 nitrogen and oxygen atoms in total. The van der Waals surface area contributed by atoms with Gasteiger partial charge in [-0.15, -0.1) is 0 Å². The van der Waals surface area contributed by atoms with Gasteiger partial charge in [-0.05, 0) is 0 Å². The van der Waals surface area contributed by atoms with Gasteiger partial charge in [0.15, 0.2) is 0 Å². The van der Waals surface area contributed by atoms with Crippen LogP contribution in [-0.4, -0.2) is 49.3 Å². The normalized spacial score (nSPS) is 17.4. The van der Waals surface area contributed by atoms with Crippen LogP contribution in [0.4, 0.5) is 0 Å². The molecule has 1 aliphatic carbocycles. The van der Waals surface area contributed by atoms with Gasteiger partial charge < -0.3 is 0 Å². The van der Waals surface area contributed by atoms with Gasteiger partial charge in [0.1, 0.15) is 0 Å². The van der Waals surface area contributed by atoms with Crippen molar-refractivity contribution in [3.05, 3.63) is 24.3 Å². The molecule has 22 heavy (non-hydrogen) atoms. The topological polar surface area (TPSA) is 9.72 Å². The molecule has 4 heteroatoms. The van der Waals surface area contributed by atoms with E-state index in [1.165, 1.54) is 19.3 Å². The molecule has 128 valence electrons. The average molecular weight is 387 g/mol. The molecule has 0 aromatic heterocycles. The van der Waals surface area contributed by atoms with Crippen molar-refractivity contribution < 1.29 is 21.1 Å². The second-order valence-corrected chi connectivity index (χ2v) is 17.6. The van der Waals surface area contributed by atoms with Crippen LogP contribution in [0.3, 0.4) is 0 Å². The number of allylic oxidation sites excluding steroid dienone is 4. The molecule has 0 N–H and O–H groups in total. The standard InChI is InChI=1S/C9H13.3C3H8N.Zr/c1-2-3-6-9-7-4-5-8-9;3*1-3-4-2;/h4-5,7-8H,2-3,6H2,1H3;3*3H2,1-2H3;/q;3*-1;+3. The first-order valence-electron chi connectivity index (χ1n) is 8.97. The zero-order chi connectivity index (χ0) is 16.8. The summed E-state index contributed by atoms with van der Waals surface area (Å²) in [6.45, 7) is 12.6. The van der Waals surface area contributed by atoms with Crippen LogP contribution in [0.25, 0.3) is 0 Å². The number of rotatable bonds is 10. The molecular weight excluding hydrogens is 349 g/mol. The monoisotopic (exact) mass is 385 g/mol. The Labute approximate surface area is 144 Å². The van der Waals surface area contributed by atoms with Crippen molar-refractivity contribution in [1.82, 2.24) is 8.53 Å². The van der Waals surface area contributed by atoms with E-state index in [0.717, 1.165) is 19.6 Å². The number of hydrogen-bond acceptors (Lipinski definition) is 3. The van der Waals surface area contributed by atoms with Crippen LogP contribution in [0, 0.1) is 0 Å².